The van der Waals surface area contributed by atoms with Crippen molar-refractivity contribution in [2.75, 3.05) is 12.4 Å². The average molecular weight is 642 g/mol. The molecule has 1 saturated carbocycles. The van der Waals surface area contributed by atoms with E-state index in [-0.39, 0.29) is 41.9 Å². The lowest BCUT2D eigenvalue weighted by Crippen LogP contribution is -2.33. The summed E-state index contributed by atoms with van der Waals surface area (Å²) in [6.45, 7) is 10.3. The molecule has 0 aliphatic heterocycles. The predicted octanol–water partition coefficient (Wildman–Crippen LogP) is 7.74. The fraction of sp³-hybridized carbons (Fsp3) is 0.389. The van der Waals surface area contributed by atoms with Gasteiger partial charge in [-0.25, -0.2) is 14.5 Å². The fourth-order valence-corrected chi connectivity index (χ4v) is 5.49. The summed E-state index contributed by atoms with van der Waals surface area (Å²) < 4.78 is 25.3. The number of rotatable bonds is 12. The highest BCUT2D eigenvalue weighted by Crippen LogP contribution is 2.39. The lowest BCUT2D eigenvalue weighted by atomic mass is 10.0. The molecule has 0 unspecified atom stereocenters. The lowest BCUT2D eigenvalue weighted by molar-refractivity contribution is 0.0981. The van der Waals surface area contributed by atoms with Gasteiger partial charge in [0.2, 0.25) is 0 Å². The summed E-state index contributed by atoms with van der Waals surface area (Å²) in [5.74, 6) is 3.06. The summed E-state index contributed by atoms with van der Waals surface area (Å²) in [4.78, 5) is 28.9. The number of benzene rings is 2. The maximum atomic E-state index is 12.3. The molecule has 1 fully saturated rings. The smallest absolute Gasteiger partial charge is 0.407 e. The highest BCUT2D eigenvalue weighted by molar-refractivity contribution is 5.84. The Bertz CT molecular complexity index is 1680. The van der Waals surface area contributed by atoms with Gasteiger partial charge in [0.05, 0.1) is 23.9 Å². The minimum atomic E-state index is -0.383. The zero-order valence-electron chi connectivity index (χ0n) is 27.8. The van der Waals surface area contributed by atoms with Crippen LogP contribution < -0.4 is 24.8 Å². The van der Waals surface area contributed by atoms with Crippen LogP contribution >= 0.6 is 0 Å². The summed E-state index contributed by atoms with van der Waals surface area (Å²) >= 11 is 0. The summed E-state index contributed by atoms with van der Waals surface area (Å²) in [5, 5.41) is 11.2. The molecule has 11 heteroatoms. The molecule has 11 nitrogen and oxygen atoms in total. The molecule has 1 aliphatic rings. The molecule has 2 atom stereocenters. The molecule has 47 heavy (non-hydrogen) atoms. The van der Waals surface area contributed by atoms with Crippen LogP contribution in [0.5, 0.6) is 23.0 Å². The van der Waals surface area contributed by atoms with Crippen LogP contribution in [0.4, 0.5) is 16.4 Å². The molecule has 0 bridgehead atoms. The van der Waals surface area contributed by atoms with Gasteiger partial charge in [0.25, 0.3) is 0 Å². The van der Waals surface area contributed by atoms with Crippen LogP contribution in [-0.4, -0.2) is 46.4 Å². The lowest BCUT2D eigenvalue weighted by Gasteiger charge is -2.22. The number of amides is 1. The van der Waals surface area contributed by atoms with Gasteiger partial charge >= 0.3 is 6.09 Å². The number of aldehydes is 1. The molecular formula is C36H43N5O6. The molecular weight excluding hydrogens is 598 g/mol. The molecule has 1 amide bonds. The Balaban J connectivity index is 1.34. The normalized spacial score (nSPS) is 16.1. The van der Waals surface area contributed by atoms with E-state index in [1.165, 1.54) is 0 Å². The van der Waals surface area contributed by atoms with E-state index in [2.05, 4.69) is 36.4 Å². The van der Waals surface area contributed by atoms with Crippen molar-refractivity contribution in [3.63, 3.8) is 0 Å². The first-order chi connectivity index (χ1) is 22.5. The maximum absolute atomic E-state index is 12.3. The van der Waals surface area contributed by atoms with Crippen LogP contribution in [0.25, 0.3) is 0 Å². The molecule has 0 spiro atoms. The first-order valence-electron chi connectivity index (χ1n) is 15.8. The van der Waals surface area contributed by atoms with E-state index < -0.39 is 0 Å². The maximum Gasteiger partial charge on any atom is 0.407 e. The van der Waals surface area contributed by atoms with Gasteiger partial charge in [0, 0.05) is 42.4 Å². The summed E-state index contributed by atoms with van der Waals surface area (Å²) in [6, 6.07) is 18.5. The zero-order valence-corrected chi connectivity index (χ0v) is 27.8. The van der Waals surface area contributed by atoms with Gasteiger partial charge in [-0.3, -0.25) is 4.79 Å². The Morgan fingerprint density at radius 3 is 2.51 bits per heavy atom. The van der Waals surface area contributed by atoms with E-state index in [4.69, 9.17) is 24.0 Å². The topological polar surface area (TPSA) is 126 Å². The van der Waals surface area contributed by atoms with E-state index in [1.54, 1.807) is 37.6 Å². The molecule has 2 N–H and O–H groups in total. The summed E-state index contributed by atoms with van der Waals surface area (Å²) in [5.41, 5.74) is 1.84. The monoisotopic (exact) mass is 641 g/mol. The number of carbonyl (C=O) groups is 2. The van der Waals surface area contributed by atoms with Crippen molar-refractivity contribution in [2.24, 2.45) is 0 Å². The third kappa shape index (κ3) is 8.60. The van der Waals surface area contributed by atoms with Crippen LogP contribution in [-0.2, 0) is 16.9 Å². The standard InChI is InChI=1S/C36H43N5O6/c1-23(2)38-35(43)47-26-13-12-25(16-26)30-20-34(41(40-30)36(3,4)5)39-33-19-27(14-15-37-33)46-32-18-28(44-6)17-31(29(32)21-42)45-22-24-10-8-7-9-11-24/h7-11,14-15,17-21,23,25-26H,12-13,16,22H2,1-6H3,(H,37,39)(H,38,43)/t25-,26+/m0/s1. The molecule has 2 heterocycles. The number of anilines is 2. The number of hydrogen-bond donors (Lipinski definition) is 2. The second-order valence-corrected chi connectivity index (χ2v) is 12.9. The second-order valence-electron chi connectivity index (χ2n) is 12.9. The van der Waals surface area contributed by atoms with Crippen LogP contribution in [0.15, 0.2) is 66.9 Å². The molecule has 2 aromatic carbocycles. The van der Waals surface area contributed by atoms with E-state index in [9.17, 15) is 9.59 Å². The van der Waals surface area contributed by atoms with Gasteiger partial charge in [0.15, 0.2) is 6.29 Å². The quantitative estimate of drug-likeness (QED) is 0.149. The number of ether oxygens (including phenoxy) is 4. The van der Waals surface area contributed by atoms with Crippen LogP contribution in [0, 0.1) is 0 Å². The largest absolute Gasteiger partial charge is 0.496 e. The van der Waals surface area contributed by atoms with Crippen molar-refractivity contribution in [3.05, 3.63) is 83.7 Å². The third-order valence-corrected chi connectivity index (χ3v) is 7.73. The van der Waals surface area contributed by atoms with Crippen LogP contribution in [0.1, 0.15) is 81.4 Å². The highest BCUT2D eigenvalue weighted by atomic mass is 16.6. The number of pyridine rings is 1. The van der Waals surface area contributed by atoms with Crippen molar-refractivity contribution in [2.45, 2.75) is 84.1 Å². The molecule has 0 radical (unpaired) electrons. The summed E-state index contributed by atoms with van der Waals surface area (Å²) in [7, 11) is 1.55. The number of nitrogens with zero attached hydrogens (tertiary/aromatic N) is 3. The van der Waals surface area contributed by atoms with Crippen molar-refractivity contribution < 1.29 is 28.5 Å². The molecule has 248 valence electrons. The SMILES string of the molecule is COc1cc(OCc2ccccc2)c(C=O)c(Oc2ccnc(Nc3cc([C@H]4CC[C@@H](OC(=O)NC(C)C)C4)nn3C(C)(C)C)c2)c1. The van der Waals surface area contributed by atoms with Crippen molar-refractivity contribution in [1.82, 2.24) is 20.1 Å². The first-order valence-corrected chi connectivity index (χ1v) is 15.8. The number of methoxy groups -OCH3 is 1. The fourth-order valence-electron chi connectivity index (χ4n) is 5.49. The van der Waals surface area contributed by atoms with Gasteiger partial charge in [-0.05, 0) is 65.5 Å². The Kier molecular flexibility index (Phi) is 10.3. The van der Waals surface area contributed by atoms with Crippen molar-refractivity contribution >= 4 is 24.0 Å². The molecule has 5 rings (SSSR count). The van der Waals surface area contributed by atoms with Gasteiger partial charge in [0.1, 0.15) is 47.3 Å². The Morgan fingerprint density at radius 1 is 1.04 bits per heavy atom. The van der Waals surface area contributed by atoms with Gasteiger partial charge in [-0.1, -0.05) is 30.3 Å². The van der Waals surface area contributed by atoms with E-state index >= 15 is 0 Å². The summed E-state index contributed by atoms with van der Waals surface area (Å²) in [6.07, 6.45) is 4.19. The molecule has 0 saturated heterocycles. The first kappa shape index (κ1) is 33.3. The molecule has 1 aliphatic carbocycles. The molecule has 2 aromatic heterocycles. The number of aromatic nitrogens is 3. The van der Waals surface area contributed by atoms with Crippen LogP contribution in [0.2, 0.25) is 0 Å². The number of nitrogens with one attached hydrogen (secondary N) is 2. The average Bonchev–Trinajstić information content (AvgIpc) is 3.67. The minimum Gasteiger partial charge on any atom is -0.496 e. The predicted molar refractivity (Wildman–Crippen MR) is 179 cm³/mol. The van der Waals surface area contributed by atoms with Crippen molar-refractivity contribution in [1.29, 1.82) is 0 Å². The zero-order chi connectivity index (χ0) is 33.6. The minimum absolute atomic E-state index is 0.0207. The third-order valence-electron chi connectivity index (χ3n) is 7.73. The van der Waals surface area contributed by atoms with E-state index in [0.717, 1.165) is 29.9 Å². The van der Waals surface area contributed by atoms with E-state index in [0.29, 0.717) is 41.5 Å². The number of alkyl carbamates (subject to hydrolysis) is 1. The Morgan fingerprint density at radius 2 is 1.81 bits per heavy atom. The van der Waals surface area contributed by atoms with Gasteiger partial charge < -0.3 is 29.6 Å². The van der Waals surface area contributed by atoms with Gasteiger partial charge in [-0.2, -0.15) is 5.10 Å². The second kappa shape index (κ2) is 14.6. The highest BCUT2D eigenvalue weighted by Gasteiger charge is 2.32. The van der Waals surface area contributed by atoms with Crippen LogP contribution in [0.3, 0.4) is 0 Å². The Labute approximate surface area is 275 Å². The number of hydrogen-bond acceptors (Lipinski definition) is 9. The molecule has 4 aromatic rings. The number of carbonyl (C=O) groups excluding carboxylic acids is 2. The Hall–Kier alpha value is -5.06. The van der Waals surface area contributed by atoms with Gasteiger partial charge in [-0.15, -0.1) is 0 Å². The van der Waals surface area contributed by atoms with Crippen molar-refractivity contribution in [3.8, 4) is 23.0 Å². The van der Waals surface area contributed by atoms with E-state index in [1.807, 2.05) is 54.9 Å².